The molecule has 0 saturated heterocycles. The number of anilines is 1. The van der Waals surface area contributed by atoms with Crippen LogP contribution in [0.1, 0.15) is 25.5 Å². The summed E-state index contributed by atoms with van der Waals surface area (Å²) < 4.78 is 8.30. The van der Waals surface area contributed by atoms with E-state index in [2.05, 4.69) is 46.4 Å². The van der Waals surface area contributed by atoms with Crippen LogP contribution in [-0.2, 0) is 6.54 Å². The third-order valence-corrected chi connectivity index (χ3v) is 3.50. The molecule has 2 rings (SSSR count). The number of benzene rings is 1. The minimum absolute atomic E-state index is 0.170. The molecule has 0 fully saturated rings. The van der Waals surface area contributed by atoms with Crippen LogP contribution in [0, 0.1) is 0 Å². The smallest absolute Gasteiger partial charge is 0.142 e. The molecule has 5 heteroatoms. The fourth-order valence-corrected chi connectivity index (χ4v) is 2.25. The van der Waals surface area contributed by atoms with Crippen molar-refractivity contribution >= 4 is 21.6 Å². The minimum Gasteiger partial charge on any atom is -0.495 e. The quantitative estimate of drug-likeness (QED) is 0.908. The van der Waals surface area contributed by atoms with Gasteiger partial charge in [0.2, 0.25) is 0 Å². The highest BCUT2D eigenvalue weighted by Gasteiger charge is 2.11. The third-order valence-electron chi connectivity index (χ3n) is 3.01. The number of nitrogens with zero attached hydrogens (tertiary/aromatic N) is 2. The predicted molar refractivity (Wildman–Crippen MR) is 80.6 cm³/mol. The van der Waals surface area contributed by atoms with Crippen molar-refractivity contribution in [1.82, 2.24) is 9.78 Å². The summed E-state index contributed by atoms with van der Waals surface area (Å²) in [6.07, 6.45) is 3.95. The second-order valence-electron chi connectivity index (χ2n) is 4.34. The Balaban J connectivity index is 2.18. The summed E-state index contributed by atoms with van der Waals surface area (Å²) in [5.74, 6) is 0.831. The zero-order chi connectivity index (χ0) is 13.8. The van der Waals surface area contributed by atoms with Crippen molar-refractivity contribution < 1.29 is 4.74 Å². The highest BCUT2D eigenvalue weighted by Crippen LogP contribution is 2.30. The molecule has 1 aromatic carbocycles. The number of hydrogen-bond donors (Lipinski definition) is 1. The molecule has 0 aliphatic carbocycles. The number of aryl methyl sites for hydroxylation is 1. The predicted octanol–water partition coefficient (Wildman–Crippen LogP) is 3.85. The van der Waals surface area contributed by atoms with Crippen LogP contribution in [0.5, 0.6) is 5.75 Å². The monoisotopic (exact) mass is 323 g/mol. The Labute approximate surface area is 121 Å². The summed E-state index contributed by atoms with van der Waals surface area (Å²) in [5.41, 5.74) is 2.12. The lowest BCUT2D eigenvalue weighted by Crippen LogP contribution is -2.07. The van der Waals surface area contributed by atoms with Crippen LogP contribution in [0.4, 0.5) is 5.69 Å². The first-order valence-electron chi connectivity index (χ1n) is 6.26. The van der Waals surface area contributed by atoms with Gasteiger partial charge in [-0.1, -0.05) is 15.9 Å². The van der Waals surface area contributed by atoms with Crippen LogP contribution >= 0.6 is 15.9 Å². The first-order valence-corrected chi connectivity index (χ1v) is 7.05. The summed E-state index contributed by atoms with van der Waals surface area (Å²) in [5, 5.41) is 7.74. The van der Waals surface area contributed by atoms with Crippen molar-refractivity contribution in [3.05, 3.63) is 40.6 Å². The van der Waals surface area contributed by atoms with Crippen LogP contribution in [0.25, 0.3) is 0 Å². The molecular formula is C14H18BrN3O. The molecule has 0 amide bonds. The van der Waals surface area contributed by atoms with Gasteiger partial charge in [0.05, 0.1) is 25.0 Å². The second kappa shape index (κ2) is 6.10. The zero-order valence-electron chi connectivity index (χ0n) is 11.4. The fourth-order valence-electron chi connectivity index (χ4n) is 1.89. The molecule has 1 unspecified atom stereocenters. The van der Waals surface area contributed by atoms with Gasteiger partial charge in [-0.2, -0.15) is 5.10 Å². The molecule has 0 spiro atoms. The van der Waals surface area contributed by atoms with Crippen molar-refractivity contribution in [2.75, 3.05) is 12.4 Å². The molecule has 0 bridgehead atoms. The van der Waals surface area contributed by atoms with Gasteiger partial charge in [-0.05, 0) is 32.0 Å². The lowest BCUT2D eigenvalue weighted by molar-refractivity contribution is 0.416. The number of aromatic nitrogens is 2. The first-order chi connectivity index (χ1) is 9.13. The standard InChI is InChI=1S/C14H18BrN3O/c1-4-18-9-11(8-16-18)10(2)17-13-7-12(15)5-6-14(13)19-3/h5-10,17H,4H2,1-3H3. The van der Waals surface area contributed by atoms with E-state index in [-0.39, 0.29) is 6.04 Å². The molecule has 4 nitrogen and oxygen atoms in total. The van der Waals surface area contributed by atoms with Gasteiger partial charge < -0.3 is 10.1 Å². The molecule has 0 radical (unpaired) electrons. The number of methoxy groups -OCH3 is 1. The van der Waals surface area contributed by atoms with E-state index in [4.69, 9.17) is 4.74 Å². The molecular weight excluding hydrogens is 306 g/mol. The molecule has 0 aliphatic rings. The molecule has 19 heavy (non-hydrogen) atoms. The first kappa shape index (κ1) is 13.9. The molecule has 1 heterocycles. The summed E-state index contributed by atoms with van der Waals surface area (Å²) in [4.78, 5) is 0. The Morgan fingerprint density at radius 1 is 1.47 bits per heavy atom. The Bertz CT molecular complexity index is 553. The summed E-state index contributed by atoms with van der Waals surface area (Å²) in [7, 11) is 1.67. The fraction of sp³-hybridized carbons (Fsp3) is 0.357. The maximum absolute atomic E-state index is 5.36. The zero-order valence-corrected chi connectivity index (χ0v) is 12.9. The van der Waals surface area contributed by atoms with E-state index in [1.807, 2.05) is 29.1 Å². The number of nitrogens with one attached hydrogen (secondary N) is 1. The van der Waals surface area contributed by atoms with Gasteiger partial charge in [-0.3, -0.25) is 4.68 Å². The van der Waals surface area contributed by atoms with E-state index < -0.39 is 0 Å². The molecule has 1 aromatic heterocycles. The van der Waals surface area contributed by atoms with Gasteiger partial charge in [0.25, 0.3) is 0 Å². The Hall–Kier alpha value is -1.49. The summed E-state index contributed by atoms with van der Waals surface area (Å²) in [6.45, 7) is 5.07. The van der Waals surface area contributed by atoms with E-state index in [9.17, 15) is 0 Å². The highest BCUT2D eigenvalue weighted by molar-refractivity contribution is 9.10. The Kier molecular flexibility index (Phi) is 4.47. The number of halogens is 1. The van der Waals surface area contributed by atoms with Crippen LogP contribution in [0.2, 0.25) is 0 Å². The van der Waals surface area contributed by atoms with Crippen LogP contribution in [0.15, 0.2) is 35.1 Å². The summed E-state index contributed by atoms with van der Waals surface area (Å²) >= 11 is 3.47. The minimum atomic E-state index is 0.170. The van der Waals surface area contributed by atoms with E-state index in [0.29, 0.717) is 0 Å². The van der Waals surface area contributed by atoms with E-state index in [1.54, 1.807) is 7.11 Å². The van der Waals surface area contributed by atoms with Crippen molar-refractivity contribution in [3.8, 4) is 5.75 Å². The second-order valence-corrected chi connectivity index (χ2v) is 5.26. The van der Waals surface area contributed by atoms with Crippen LogP contribution in [0.3, 0.4) is 0 Å². The average molecular weight is 324 g/mol. The number of ether oxygens (including phenoxy) is 1. The molecule has 102 valence electrons. The lowest BCUT2D eigenvalue weighted by Gasteiger charge is -2.16. The third kappa shape index (κ3) is 3.29. The molecule has 2 aromatic rings. The maximum Gasteiger partial charge on any atom is 0.142 e. The normalized spacial score (nSPS) is 12.2. The Morgan fingerprint density at radius 3 is 2.89 bits per heavy atom. The maximum atomic E-state index is 5.36. The van der Waals surface area contributed by atoms with E-state index >= 15 is 0 Å². The topological polar surface area (TPSA) is 39.1 Å². The average Bonchev–Trinajstić information content (AvgIpc) is 2.88. The van der Waals surface area contributed by atoms with Crippen molar-refractivity contribution in [2.24, 2.45) is 0 Å². The largest absolute Gasteiger partial charge is 0.495 e. The number of rotatable bonds is 5. The van der Waals surface area contributed by atoms with E-state index in [0.717, 1.165) is 28.0 Å². The van der Waals surface area contributed by atoms with Gasteiger partial charge in [-0.25, -0.2) is 0 Å². The van der Waals surface area contributed by atoms with Crippen molar-refractivity contribution in [2.45, 2.75) is 26.4 Å². The van der Waals surface area contributed by atoms with Crippen LogP contribution in [-0.4, -0.2) is 16.9 Å². The number of hydrogen-bond acceptors (Lipinski definition) is 3. The lowest BCUT2D eigenvalue weighted by atomic mass is 10.1. The molecule has 1 N–H and O–H groups in total. The molecule has 0 aliphatic heterocycles. The van der Waals surface area contributed by atoms with E-state index in [1.165, 1.54) is 0 Å². The van der Waals surface area contributed by atoms with Gasteiger partial charge >= 0.3 is 0 Å². The van der Waals surface area contributed by atoms with Crippen molar-refractivity contribution in [3.63, 3.8) is 0 Å². The Morgan fingerprint density at radius 2 is 2.26 bits per heavy atom. The van der Waals surface area contributed by atoms with Gasteiger partial charge in [0.15, 0.2) is 0 Å². The van der Waals surface area contributed by atoms with Gasteiger partial charge in [0.1, 0.15) is 5.75 Å². The van der Waals surface area contributed by atoms with Gasteiger partial charge in [0, 0.05) is 22.8 Å². The SMILES string of the molecule is CCn1cc(C(C)Nc2cc(Br)ccc2OC)cn1. The highest BCUT2D eigenvalue weighted by atomic mass is 79.9. The van der Waals surface area contributed by atoms with Crippen LogP contribution < -0.4 is 10.1 Å². The van der Waals surface area contributed by atoms with Gasteiger partial charge in [-0.15, -0.1) is 0 Å². The van der Waals surface area contributed by atoms with Crippen molar-refractivity contribution in [1.29, 1.82) is 0 Å². The molecule has 1 atom stereocenters. The summed E-state index contributed by atoms with van der Waals surface area (Å²) in [6, 6.07) is 6.08. The molecule has 0 saturated carbocycles.